The number of halogens is 4. The Hall–Kier alpha value is -2.30. The van der Waals surface area contributed by atoms with Gasteiger partial charge in [-0.25, -0.2) is 0 Å². The Morgan fingerprint density at radius 3 is 2.27 bits per heavy atom. The predicted octanol–water partition coefficient (Wildman–Crippen LogP) is 4.81. The summed E-state index contributed by atoms with van der Waals surface area (Å²) < 4.78 is 39.5. The zero-order valence-corrected chi connectivity index (χ0v) is 21.3. The lowest BCUT2D eigenvalue weighted by Crippen LogP contribution is -2.48. The molecule has 180 valence electrons. The summed E-state index contributed by atoms with van der Waals surface area (Å²) >= 11 is 0. The molecule has 0 spiro atoms. The van der Waals surface area contributed by atoms with Gasteiger partial charge in [0.05, 0.1) is 5.56 Å². The zero-order chi connectivity index (χ0) is 23.4. The Kier molecular flexibility index (Phi) is 9.16. The number of alkyl halides is 3. The lowest BCUT2D eigenvalue weighted by molar-refractivity contribution is -0.137. The summed E-state index contributed by atoms with van der Waals surface area (Å²) in [5.41, 5.74) is 1.38. The van der Waals surface area contributed by atoms with Gasteiger partial charge in [-0.05, 0) is 42.2 Å². The summed E-state index contributed by atoms with van der Waals surface area (Å²) in [6, 6.07) is 13.0. The van der Waals surface area contributed by atoms with E-state index in [0.29, 0.717) is 30.2 Å². The summed E-state index contributed by atoms with van der Waals surface area (Å²) in [5.74, 6) is 0.527. The van der Waals surface area contributed by atoms with Crippen LogP contribution in [0.25, 0.3) is 0 Å². The first kappa shape index (κ1) is 26.9. The minimum Gasteiger partial charge on any atom is -0.356 e. The fourth-order valence-electron chi connectivity index (χ4n) is 3.88. The van der Waals surface area contributed by atoms with Crippen molar-refractivity contribution in [3.8, 4) is 0 Å². The number of benzene rings is 2. The Balaban J connectivity index is 0.00000385. The Morgan fingerprint density at radius 1 is 1.09 bits per heavy atom. The molecular formula is C24H30F3IN4O. The molecule has 2 aromatic rings. The molecular weight excluding hydrogens is 544 g/mol. The van der Waals surface area contributed by atoms with E-state index >= 15 is 0 Å². The highest BCUT2D eigenvalue weighted by Gasteiger charge is 2.40. The van der Waals surface area contributed by atoms with Gasteiger partial charge >= 0.3 is 6.18 Å². The lowest BCUT2D eigenvalue weighted by Gasteiger charge is -2.43. The van der Waals surface area contributed by atoms with E-state index in [4.69, 9.17) is 0 Å². The van der Waals surface area contributed by atoms with Gasteiger partial charge in [-0.3, -0.25) is 9.79 Å². The standard InChI is InChI=1S/C24H29F3N4O.HI/c1-28-22(29-15-17-8-10-18(11-9-17)21(32)31(2)3)30-16-23(12-5-13-23)19-6-4-7-20(14-19)24(25,26)27;/h4,6-11,14H,5,12-13,15-16H2,1-3H3,(H2,28,29,30);1H. The monoisotopic (exact) mass is 574 g/mol. The molecule has 0 radical (unpaired) electrons. The summed E-state index contributed by atoms with van der Waals surface area (Å²) in [6.07, 6.45) is -1.69. The van der Waals surface area contributed by atoms with Crippen molar-refractivity contribution in [1.82, 2.24) is 15.5 Å². The number of nitrogens with zero attached hydrogens (tertiary/aromatic N) is 2. The van der Waals surface area contributed by atoms with Crippen molar-refractivity contribution in [3.63, 3.8) is 0 Å². The molecule has 9 heteroatoms. The van der Waals surface area contributed by atoms with Crippen LogP contribution in [-0.4, -0.2) is 44.5 Å². The maximum Gasteiger partial charge on any atom is 0.416 e. The summed E-state index contributed by atoms with van der Waals surface area (Å²) in [6.45, 7) is 1.01. The number of nitrogens with one attached hydrogen (secondary N) is 2. The van der Waals surface area contributed by atoms with Gasteiger partial charge in [0, 0.05) is 45.2 Å². The smallest absolute Gasteiger partial charge is 0.356 e. The van der Waals surface area contributed by atoms with Crippen LogP contribution in [0.4, 0.5) is 13.2 Å². The number of hydrogen-bond donors (Lipinski definition) is 2. The first-order valence-electron chi connectivity index (χ1n) is 10.6. The van der Waals surface area contributed by atoms with Gasteiger partial charge in [0.1, 0.15) is 0 Å². The van der Waals surface area contributed by atoms with Crippen molar-refractivity contribution in [1.29, 1.82) is 0 Å². The molecule has 0 heterocycles. The zero-order valence-electron chi connectivity index (χ0n) is 19.0. The number of carbonyl (C=O) groups excluding carboxylic acids is 1. The van der Waals surface area contributed by atoms with Crippen LogP contribution >= 0.6 is 24.0 Å². The molecule has 0 atom stereocenters. The molecule has 1 aliphatic carbocycles. The second kappa shape index (κ2) is 11.2. The second-order valence-corrected chi connectivity index (χ2v) is 8.39. The quantitative estimate of drug-likeness (QED) is 0.296. The van der Waals surface area contributed by atoms with E-state index in [2.05, 4.69) is 15.6 Å². The summed E-state index contributed by atoms with van der Waals surface area (Å²) in [5, 5.41) is 6.51. The molecule has 1 fully saturated rings. The number of guanidine groups is 1. The van der Waals surface area contributed by atoms with E-state index < -0.39 is 11.7 Å². The highest BCUT2D eigenvalue weighted by molar-refractivity contribution is 14.0. The third-order valence-corrected chi connectivity index (χ3v) is 6.00. The fourth-order valence-corrected chi connectivity index (χ4v) is 3.88. The Bertz CT molecular complexity index is 970. The van der Waals surface area contributed by atoms with Gasteiger partial charge < -0.3 is 15.5 Å². The minimum atomic E-state index is -4.35. The number of aliphatic imine (C=N–C) groups is 1. The van der Waals surface area contributed by atoms with Crippen molar-refractivity contribution >= 4 is 35.8 Å². The van der Waals surface area contributed by atoms with E-state index in [0.717, 1.165) is 30.9 Å². The molecule has 33 heavy (non-hydrogen) atoms. The van der Waals surface area contributed by atoms with Crippen LogP contribution in [0.5, 0.6) is 0 Å². The molecule has 3 rings (SSSR count). The fraction of sp³-hybridized carbons (Fsp3) is 0.417. The van der Waals surface area contributed by atoms with Crippen molar-refractivity contribution in [3.05, 3.63) is 70.8 Å². The number of amides is 1. The number of hydrogen-bond acceptors (Lipinski definition) is 2. The van der Waals surface area contributed by atoms with Crippen LogP contribution in [0.1, 0.15) is 46.3 Å². The third-order valence-electron chi connectivity index (χ3n) is 6.00. The van der Waals surface area contributed by atoms with Crippen molar-refractivity contribution < 1.29 is 18.0 Å². The second-order valence-electron chi connectivity index (χ2n) is 8.39. The lowest BCUT2D eigenvalue weighted by atomic mass is 9.64. The van der Waals surface area contributed by atoms with Crippen LogP contribution < -0.4 is 10.6 Å². The van der Waals surface area contributed by atoms with E-state index in [1.807, 2.05) is 12.1 Å². The van der Waals surface area contributed by atoms with E-state index in [9.17, 15) is 18.0 Å². The first-order valence-corrected chi connectivity index (χ1v) is 10.6. The van der Waals surface area contributed by atoms with Gasteiger partial charge in [0.2, 0.25) is 0 Å². The topological polar surface area (TPSA) is 56.7 Å². The first-order chi connectivity index (χ1) is 15.1. The average Bonchev–Trinajstić information content (AvgIpc) is 2.74. The van der Waals surface area contributed by atoms with Crippen LogP contribution in [0.2, 0.25) is 0 Å². The molecule has 0 bridgehead atoms. The minimum absolute atomic E-state index is 0. The van der Waals surface area contributed by atoms with Crippen LogP contribution in [0.15, 0.2) is 53.5 Å². The van der Waals surface area contributed by atoms with E-state index in [1.165, 1.54) is 17.0 Å². The molecule has 0 saturated heterocycles. The Labute approximate surface area is 209 Å². The summed E-state index contributed by atoms with van der Waals surface area (Å²) in [7, 11) is 5.08. The van der Waals surface area contributed by atoms with Crippen molar-refractivity contribution in [2.75, 3.05) is 27.7 Å². The maximum atomic E-state index is 13.2. The van der Waals surface area contributed by atoms with Crippen LogP contribution in [-0.2, 0) is 18.1 Å². The largest absolute Gasteiger partial charge is 0.416 e. The van der Waals surface area contributed by atoms with Crippen LogP contribution in [0.3, 0.4) is 0 Å². The van der Waals surface area contributed by atoms with Gasteiger partial charge in [0.25, 0.3) is 5.91 Å². The normalized spacial score (nSPS) is 15.2. The number of carbonyl (C=O) groups is 1. The third kappa shape index (κ3) is 6.61. The maximum absolute atomic E-state index is 13.2. The molecule has 0 unspecified atom stereocenters. The van der Waals surface area contributed by atoms with E-state index in [1.54, 1.807) is 39.3 Å². The highest BCUT2D eigenvalue weighted by atomic mass is 127. The molecule has 1 aliphatic rings. The van der Waals surface area contributed by atoms with Crippen LogP contribution in [0, 0.1) is 0 Å². The van der Waals surface area contributed by atoms with Gasteiger partial charge in [0.15, 0.2) is 5.96 Å². The van der Waals surface area contributed by atoms with Gasteiger partial charge in [-0.15, -0.1) is 24.0 Å². The van der Waals surface area contributed by atoms with Crippen molar-refractivity contribution in [2.24, 2.45) is 4.99 Å². The molecule has 0 aliphatic heterocycles. The average molecular weight is 574 g/mol. The molecule has 1 amide bonds. The molecule has 0 aromatic heterocycles. The van der Waals surface area contributed by atoms with E-state index in [-0.39, 0.29) is 35.3 Å². The molecule has 1 saturated carbocycles. The molecule has 2 N–H and O–H groups in total. The summed E-state index contributed by atoms with van der Waals surface area (Å²) in [4.78, 5) is 17.8. The van der Waals surface area contributed by atoms with Crippen molar-refractivity contribution in [2.45, 2.75) is 37.4 Å². The molecule has 5 nitrogen and oxygen atoms in total. The molecule has 2 aromatic carbocycles. The highest BCUT2D eigenvalue weighted by Crippen LogP contribution is 2.44. The predicted molar refractivity (Wildman–Crippen MR) is 135 cm³/mol. The SMILES string of the molecule is CN=C(NCc1ccc(C(=O)N(C)C)cc1)NCC1(c2cccc(C(F)(F)F)c2)CCC1.I. The van der Waals surface area contributed by atoms with Gasteiger partial charge in [-0.2, -0.15) is 13.2 Å². The van der Waals surface area contributed by atoms with Gasteiger partial charge in [-0.1, -0.05) is 36.8 Å². The Morgan fingerprint density at radius 2 is 1.76 bits per heavy atom. The number of rotatable bonds is 6.